The van der Waals surface area contributed by atoms with E-state index in [0.717, 1.165) is 15.0 Å². The maximum Gasteiger partial charge on any atom is 0.314 e. The van der Waals surface area contributed by atoms with Gasteiger partial charge in [0.25, 0.3) is 0 Å². The van der Waals surface area contributed by atoms with Crippen LogP contribution in [0.4, 0.5) is 4.79 Å². The van der Waals surface area contributed by atoms with E-state index in [1.165, 1.54) is 11.3 Å². The summed E-state index contributed by atoms with van der Waals surface area (Å²) in [7, 11) is 1.58. The molecular formula is C15H20N2O3S. The molecule has 0 fully saturated rings. The molecule has 0 aliphatic heterocycles. The third-order valence-corrected chi connectivity index (χ3v) is 4.51. The molecule has 0 saturated carbocycles. The number of urea groups is 1. The number of amides is 2. The normalized spacial score (nSPS) is 13.9. The average molecular weight is 308 g/mol. The van der Waals surface area contributed by atoms with Crippen LogP contribution in [-0.2, 0) is 10.3 Å². The summed E-state index contributed by atoms with van der Waals surface area (Å²) in [6.45, 7) is 2.75. The fraction of sp³-hybridized carbons (Fsp3) is 0.400. The number of carbonyl (C=O) groups excluding carboxylic acids is 1. The van der Waals surface area contributed by atoms with Crippen LogP contribution in [0.15, 0.2) is 30.3 Å². The van der Waals surface area contributed by atoms with Crippen molar-refractivity contribution in [2.45, 2.75) is 12.5 Å². The predicted octanol–water partition coefficient (Wildman–Crippen LogP) is 2.05. The highest BCUT2D eigenvalue weighted by atomic mass is 32.1. The number of carbonyl (C=O) groups is 1. The minimum Gasteiger partial charge on any atom is -0.383 e. The molecule has 0 bridgehead atoms. The Bertz CT molecular complexity index is 577. The molecule has 6 heteroatoms. The highest BCUT2D eigenvalue weighted by molar-refractivity contribution is 7.19. The van der Waals surface area contributed by atoms with E-state index < -0.39 is 5.60 Å². The number of methoxy groups -OCH3 is 1. The minimum atomic E-state index is -1.09. The summed E-state index contributed by atoms with van der Waals surface area (Å²) in [6, 6.07) is 9.62. The molecule has 0 spiro atoms. The average Bonchev–Trinajstić information content (AvgIpc) is 2.90. The maximum atomic E-state index is 11.6. The van der Waals surface area contributed by atoms with Crippen molar-refractivity contribution in [2.24, 2.45) is 0 Å². The molecule has 114 valence electrons. The van der Waals surface area contributed by atoms with E-state index in [4.69, 9.17) is 4.74 Å². The van der Waals surface area contributed by atoms with Crippen LogP contribution in [0.2, 0.25) is 0 Å². The predicted molar refractivity (Wildman–Crippen MR) is 84.7 cm³/mol. The molecule has 0 radical (unpaired) electrons. The molecular weight excluding hydrogens is 288 g/mol. The van der Waals surface area contributed by atoms with E-state index in [2.05, 4.69) is 10.6 Å². The molecule has 21 heavy (non-hydrogen) atoms. The first-order valence-electron chi connectivity index (χ1n) is 6.75. The Hall–Kier alpha value is -1.63. The number of nitrogens with one attached hydrogen (secondary N) is 2. The van der Waals surface area contributed by atoms with Crippen LogP contribution in [0.3, 0.4) is 0 Å². The lowest BCUT2D eigenvalue weighted by atomic mass is 10.0. The number of fused-ring (bicyclic) bond motifs is 1. The first-order chi connectivity index (χ1) is 10.0. The lowest BCUT2D eigenvalue weighted by Gasteiger charge is -2.22. The Kier molecular flexibility index (Phi) is 5.17. The Morgan fingerprint density at radius 3 is 2.86 bits per heavy atom. The molecule has 2 aromatic rings. The summed E-state index contributed by atoms with van der Waals surface area (Å²) in [4.78, 5) is 12.4. The van der Waals surface area contributed by atoms with Crippen molar-refractivity contribution in [3.63, 3.8) is 0 Å². The highest BCUT2D eigenvalue weighted by Crippen LogP contribution is 2.32. The van der Waals surface area contributed by atoms with Gasteiger partial charge in [0.2, 0.25) is 0 Å². The lowest BCUT2D eigenvalue weighted by Crippen LogP contribution is -2.43. The maximum absolute atomic E-state index is 11.6. The largest absolute Gasteiger partial charge is 0.383 e. The van der Waals surface area contributed by atoms with E-state index in [-0.39, 0.29) is 12.6 Å². The first kappa shape index (κ1) is 15.8. The number of aliphatic hydroxyl groups is 1. The molecule has 0 unspecified atom stereocenters. The second kappa shape index (κ2) is 6.89. The van der Waals surface area contributed by atoms with E-state index in [1.807, 2.05) is 30.3 Å². The van der Waals surface area contributed by atoms with Crippen LogP contribution < -0.4 is 10.6 Å². The monoisotopic (exact) mass is 308 g/mol. The number of hydrogen-bond donors (Lipinski definition) is 3. The van der Waals surface area contributed by atoms with Crippen LogP contribution in [0, 0.1) is 0 Å². The zero-order valence-corrected chi connectivity index (χ0v) is 13.0. The molecule has 1 aromatic carbocycles. The van der Waals surface area contributed by atoms with Gasteiger partial charge < -0.3 is 20.5 Å². The van der Waals surface area contributed by atoms with Crippen LogP contribution in [0.1, 0.15) is 11.8 Å². The molecule has 0 aliphatic carbocycles. The van der Waals surface area contributed by atoms with Crippen molar-refractivity contribution in [3.05, 3.63) is 35.2 Å². The van der Waals surface area contributed by atoms with Gasteiger partial charge >= 0.3 is 6.03 Å². The zero-order chi connectivity index (χ0) is 15.3. The Morgan fingerprint density at radius 2 is 2.14 bits per heavy atom. The van der Waals surface area contributed by atoms with Gasteiger partial charge in [0, 0.05) is 23.2 Å². The summed E-state index contributed by atoms with van der Waals surface area (Å²) in [5, 5.41) is 17.0. The van der Waals surface area contributed by atoms with E-state index >= 15 is 0 Å². The van der Waals surface area contributed by atoms with Gasteiger partial charge in [-0.3, -0.25) is 0 Å². The second-order valence-electron chi connectivity index (χ2n) is 5.02. The summed E-state index contributed by atoms with van der Waals surface area (Å²) in [5.74, 6) is 0. The van der Waals surface area contributed by atoms with Crippen LogP contribution in [0.25, 0.3) is 10.1 Å². The number of benzene rings is 1. The van der Waals surface area contributed by atoms with Gasteiger partial charge in [-0.15, -0.1) is 11.3 Å². The molecule has 0 aliphatic rings. The first-order valence-corrected chi connectivity index (χ1v) is 7.56. The standard InChI is InChI=1S/C15H20N2O3S/c1-15(19,10-17-14(18)16-7-8-20-2)13-9-11-5-3-4-6-12(11)21-13/h3-6,9,19H,7-8,10H2,1-2H3,(H2,16,17,18)/t15-/m1/s1. The number of ether oxygens (including phenoxy) is 1. The van der Waals surface area contributed by atoms with E-state index in [9.17, 15) is 9.90 Å². The Balaban J connectivity index is 1.96. The van der Waals surface area contributed by atoms with E-state index in [0.29, 0.717) is 13.2 Å². The van der Waals surface area contributed by atoms with Gasteiger partial charge in [0.1, 0.15) is 5.60 Å². The number of rotatable bonds is 6. The topological polar surface area (TPSA) is 70.6 Å². The Morgan fingerprint density at radius 1 is 1.38 bits per heavy atom. The zero-order valence-electron chi connectivity index (χ0n) is 12.2. The molecule has 5 nitrogen and oxygen atoms in total. The summed E-state index contributed by atoms with van der Waals surface area (Å²) >= 11 is 1.54. The van der Waals surface area contributed by atoms with Gasteiger partial charge in [0.15, 0.2) is 0 Å². The van der Waals surface area contributed by atoms with E-state index in [1.54, 1.807) is 14.0 Å². The number of thiophene rings is 1. The quantitative estimate of drug-likeness (QED) is 0.715. The van der Waals surface area contributed by atoms with Gasteiger partial charge in [0.05, 0.1) is 13.2 Å². The van der Waals surface area contributed by atoms with Crippen LogP contribution in [-0.4, -0.2) is 37.9 Å². The van der Waals surface area contributed by atoms with Crippen molar-refractivity contribution in [1.29, 1.82) is 0 Å². The van der Waals surface area contributed by atoms with Crippen molar-refractivity contribution in [2.75, 3.05) is 26.8 Å². The highest BCUT2D eigenvalue weighted by Gasteiger charge is 2.26. The molecule has 1 heterocycles. The smallest absolute Gasteiger partial charge is 0.314 e. The summed E-state index contributed by atoms with van der Waals surface area (Å²) in [6.07, 6.45) is 0. The molecule has 0 saturated heterocycles. The molecule has 2 amide bonds. The summed E-state index contributed by atoms with van der Waals surface area (Å²) < 4.78 is 5.97. The fourth-order valence-electron chi connectivity index (χ4n) is 1.92. The molecule has 2 rings (SSSR count). The minimum absolute atomic E-state index is 0.151. The number of hydrogen-bond acceptors (Lipinski definition) is 4. The van der Waals surface area contributed by atoms with Gasteiger partial charge in [-0.05, 0) is 24.4 Å². The third-order valence-electron chi connectivity index (χ3n) is 3.14. The molecule has 1 atom stereocenters. The second-order valence-corrected chi connectivity index (χ2v) is 6.11. The lowest BCUT2D eigenvalue weighted by molar-refractivity contribution is 0.0631. The van der Waals surface area contributed by atoms with Crippen molar-refractivity contribution in [3.8, 4) is 0 Å². The summed E-state index contributed by atoms with van der Waals surface area (Å²) in [5.41, 5.74) is -1.09. The molecule has 1 aromatic heterocycles. The van der Waals surface area contributed by atoms with Gasteiger partial charge in [-0.2, -0.15) is 0 Å². The van der Waals surface area contributed by atoms with Crippen molar-refractivity contribution in [1.82, 2.24) is 10.6 Å². The fourth-order valence-corrected chi connectivity index (χ4v) is 3.02. The van der Waals surface area contributed by atoms with Crippen LogP contribution >= 0.6 is 11.3 Å². The van der Waals surface area contributed by atoms with Crippen molar-refractivity contribution < 1.29 is 14.6 Å². The Labute approximate surface area is 127 Å². The molecule has 3 N–H and O–H groups in total. The van der Waals surface area contributed by atoms with Crippen LogP contribution in [0.5, 0.6) is 0 Å². The third kappa shape index (κ3) is 4.17. The van der Waals surface area contributed by atoms with Gasteiger partial charge in [-0.25, -0.2) is 4.79 Å². The SMILES string of the molecule is COCCNC(=O)NC[C@@](C)(O)c1cc2ccccc2s1. The van der Waals surface area contributed by atoms with Gasteiger partial charge in [-0.1, -0.05) is 18.2 Å². The van der Waals surface area contributed by atoms with Crippen molar-refractivity contribution >= 4 is 27.5 Å².